The Hall–Kier alpha value is -2.21. The number of benzene rings is 1. The van der Waals surface area contributed by atoms with Gasteiger partial charge in [0.05, 0.1) is 18.5 Å². The largest absolute Gasteiger partial charge is 0.496 e. The minimum atomic E-state index is 0.769. The van der Waals surface area contributed by atoms with E-state index in [0.29, 0.717) is 0 Å². The van der Waals surface area contributed by atoms with Crippen LogP contribution in [-0.4, -0.2) is 53.4 Å². The Kier molecular flexibility index (Phi) is 5.81. The predicted molar refractivity (Wildman–Crippen MR) is 99.1 cm³/mol. The molecule has 2 heterocycles. The van der Waals surface area contributed by atoms with Gasteiger partial charge in [-0.1, -0.05) is 32.0 Å². The van der Waals surface area contributed by atoms with Gasteiger partial charge in [0, 0.05) is 38.3 Å². The second-order valence-electron chi connectivity index (χ2n) is 6.29. The third kappa shape index (κ3) is 4.07. The van der Waals surface area contributed by atoms with Crippen LogP contribution in [0.25, 0.3) is 0 Å². The average molecular weight is 341 g/mol. The molecule has 1 aliphatic heterocycles. The molecule has 0 atom stereocenters. The molecule has 2 aromatic rings. The van der Waals surface area contributed by atoms with Gasteiger partial charge >= 0.3 is 0 Å². The summed E-state index contributed by atoms with van der Waals surface area (Å²) in [4.78, 5) is 9.42. The van der Waals surface area contributed by atoms with Gasteiger partial charge in [0.15, 0.2) is 0 Å². The molecule has 3 rings (SSSR count). The zero-order valence-corrected chi connectivity index (χ0v) is 15.4. The lowest BCUT2D eigenvalue weighted by atomic mass is 10.1. The van der Waals surface area contributed by atoms with Crippen LogP contribution in [-0.2, 0) is 19.4 Å². The maximum absolute atomic E-state index is 5.46. The molecule has 1 aromatic carbocycles. The van der Waals surface area contributed by atoms with E-state index in [1.54, 1.807) is 7.11 Å². The third-order valence-electron chi connectivity index (χ3n) is 4.74. The lowest BCUT2D eigenvalue weighted by Gasteiger charge is -2.34. The van der Waals surface area contributed by atoms with E-state index >= 15 is 0 Å². The van der Waals surface area contributed by atoms with Gasteiger partial charge in [-0.3, -0.25) is 4.90 Å². The first-order chi connectivity index (χ1) is 12.2. The molecule has 0 N–H and O–H groups in total. The zero-order valence-electron chi connectivity index (χ0n) is 15.4. The Balaban J connectivity index is 1.62. The van der Waals surface area contributed by atoms with Gasteiger partial charge < -0.3 is 9.64 Å². The normalized spacial score (nSPS) is 15.4. The Labute approximate surface area is 149 Å². The standard InChI is InChI=1S/C19H27N5O/c1-4-16-17(5-2)21-22-19(20-16)24-12-10-23(11-13-24)14-15-8-6-7-9-18(15)25-3/h6-9H,4-5,10-14H2,1-3H3. The van der Waals surface area contributed by atoms with Gasteiger partial charge in [0.25, 0.3) is 0 Å². The molecule has 25 heavy (non-hydrogen) atoms. The first kappa shape index (κ1) is 17.6. The van der Waals surface area contributed by atoms with E-state index in [9.17, 15) is 0 Å². The Morgan fingerprint density at radius 2 is 1.68 bits per heavy atom. The van der Waals surface area contributed by atoms with Gasteiger partial charge in [-0.25, -0.2) is 4.98 Å². The summed E-state index contributed by atoms with van der Waals surface area (Å²) in [5.74, 6) is 1.73. The van der Waals surface area contributed by atoms with E-state index in [2.05, 4.69) is 46.0 Å². The maximum atomic E-state index is 5.46. The van der Waals surface area contributed by atoms with Gasteiger partial charge in [0.2, 0.25) is 5.95 Å². The fourth-order valence-corrected chi connectivity index (χ4v) is 3.24. The maximum Gasteiger partial charge on any atom is 0.245 e. The molecule has 0 aliphatic carbocycles. The summed E-state index contributed by atoms with van der Waals surface area (Å²) in [6, 6.07) is 8.23. The molecule has 1 aliphatic rings. The number of rotatable bonds is 6. The highest BCUT2D eigenvalue weighted by atomic mass is 16.5. The van der Waals surface area contributed by atoms with Crippen molar-refractivity contribution in [3.05, 3.63) is 41.2 Å². The first-order valence-electron chi connectivity index (χ1n) is 9.06. The second-order valence-corrected chi connectivity index (χ2v) is 6.29. The summed E-state index contributed by atoms with van der Waals surface area (Å²) in [5.41, 5.74) is 3.32. The Morgan fingerprint density at radius 3 is 2.36 bits per heavy atom. The van der Waals surface area contributed by atoms with E-state index < -0.39 is 0 Å². The van der Waals surface area contributed by atoms with Gasteiger partial charge in [-0.2, -0.15) is 5.10 Å². The van der Waals surface area contributed by atoms with Crippen molar-refractivity contribution in [2.75, 3.05) is 38.2 Å². The van der Waals surface area contributed by atoms with Gasteiger partial charge in [0.1, 0.15) is 5.75 Å². The minimum Gasteiger partial charge on any atom is -0.496 e. The highest BCUT2D eigenvalue weighted by Gasteiger charge is 2.21. The molecular formula is C19H27N5O. The van der Waals surface area contributed by atoms with Crippen LogP contribution < -0.4 is 9.64 Å². The van der Waals surface area contributed by atoms with Crippen LogP contribution in [0.1, 0.15) is 30.8 Å². The number of ether oxygens (including phenoxy) is 1. The summed E-state index contributed by atoms with van der Waals surface area (Å²) in [7, 11) is 1.73. The monoisotopic (exact) mass is 341 g/mol. The molecule has 0 amide bonds. The van der Waals surface area contributed by atoms with Crippen molar-refractivity contribution < 1.29 is 4.74 Å². The van der Waals surface area contributed by atoms with E-state index in [4.69, 9.17) is 9.72 Å². The van der Waals surface area contributed by atoms with Crippen molar-refractivity contribution in [1.29, 1.82) is 0 Å². The Morgan fingerprint density at radius 1 is 0.960 bits per heavy atom. The van der Waals surface area contributed by atoms with E-state index in [1.165, 1.54) is 5.56 Å². The third-order valence-corrected chi connectivity index (χ3v) is 4.74. The second kappa shape index (κ2) is 8.25. The zero-order chi connectivity index (χ0) is 17.6. The molecule has 0 bridgehead atoms. The summed E-state index contributed by atoms with van der Waals surface area (Å²) in [5, 5.41) is 8.71. The molecule has 0 unspecified atom stereocenters. The average Bonchev–Trinajstić information content (AvgIpc) is 2.68. The quantitative estimate of drug-likeness (QED) is 0.804. The molecule has 6 heteroatoms. The molecule has 1 saturated heterocycles. The Bertz CT molecular complexity index is 698. The van der Waals surface area contributed by atoms with Crippen LogP contribution in [0.5, 0.6) is 5.75 Å². The van der Waals surface area contributed by atoms with Crippen LogP contribution in [0.15, 0.2) is 24.3 Å². The van der Waals surface area contributed by atoms with E-state index in [-0.39, 0.29) is 0 Å². The number of aryl methyl sites for hydroxylation is 2. The topological polar surface area (TPSA) is 54.4 Å². The van der Waals surface area contributed by atoms with Crippen molar-refractivity contribution in [3.63, 3.8) is 0 Å². The summed E-state index contributed by atoms with van der Waals surface area (Å²) < 4.78 is 5.46. The van der Waals surface area contributed by atoms with Crippen molar-refractivity contribution in [1.82, 2.24) is 20.1 Å². The number of nitrogens with zero attached hydrogens (tertiary/aromatic N) is 5. The molecule has 6 nitrogen and oxygen atoms in total. The van der Waals surface area contributed by atoms with E-state index in [1.807, 2.05) is 12.1 Å². The lowest BCUT2D eigenvalue weighted by Crippen LogP contribution is -2.46. The molecule has 0 spiro atoms. The van der Waals surface area contributed by atoms with E-state index in [0.717, 1.165) is 68.7 Å². The molecular weight excluding hydrogens is 314 g/mol. The lowest BCUT2D eigenvalue weighted by molar-refractivity contribution is 0.244. The summed E-state index contributed by atoms with van der Waals surface area (Å²) in [6.45, 7) is 8.94. The first-order valence-corrected chi connectivity index (χ1v) is 9.06. The smallest absolute Gasteiger partial charge is 0.245 e. The van der Waals surface area contributed by atoms with Crippen LogP contribution in [0.4, 0.5) is 5.95 Å². The number of para-hydroxylation sites is 1. The predicted octanol–water partition coefficient (Wildman–Crippen LogP) is 2.33. The molecule has 0 radical (unpaired) electrons. The number of anilines is 1. The molecule has 1 aromatic heterocycles. The number of aromatic nitrogens is 3. The number of hydrogen-bond donors (Lipinski definition) is 0. The summed E-state index contributed by atoms with van der Waals surface area (Å²) >= 11 is 0. The van der Waals surface area contributed by atoms with Crippen LogP contribution in [0, 0.1) is 0 Å². The van der Waals surface area contributed by atoms with Crippen molar-refractivity contribution >= 4 is 5.95 Å². The number of methoxy groups -OCH3 is 1. The van der Waals surface area contributed by atoms with Crippen molar-refractivity contribution in [3.8, 4) is 5.75 Å². The van der Waals surface area contributed by atoms with Crippen LogP contribution in [0.2, 0.25) is 0 Å². The highest BCUT2D eigenvalue weighted by molar-refractivity contribution is 5.34. The SMILES string of the molecule is CCc1nnc(N2CCN(Cc3ccccc3OC)CC2)nc1CC. The van der Waals surface area contributed by atoms with Gasteiger partial charge in [-0.05, 0) is 18.9 Å². The minimum absolute atomic E-state index is 0.769. The fourth-order valence-electron chi connectivity index (χ4n) is 3.24. The number of piperazine rings is 1. The summed E-state index contributed by atoms with van der Waals surface area (Å²) in [6.07, 6.45) is 1.79. The van der Waals surface area contributed by atoms with Gasteiger partial charge in [-0.15, -0.1) is 5.10 Å². The highest BCUT2D eigenvalue weighted by Crippen LogP contribution is 2.20. The van der Waals surface area contributed by atoms with Crippen LogP contribution >= 0.6 is 0 Å². The van der Waals surface area contributed by atoms with Crippen molar-refractivity contribution in [2.24, 2.45) is 0 Å². The van der Waals surface area contributed by atoms with Crippen molar-refractivity contribution in [2.45, 2.75) is 33.2 Å². The molecule has 1 fully saturated rings. The van der Waals surface area contributed by atoms with Crippen LogP contribution in [0.3, 0.4) is 0 Å². The fraction of sp³-hybridized carbons (Fsp3) is 0.526. The molecule has 0 saturated carbocycles. The molecule has 134 valence electrons. The number of hydrogen-bond acceptors (Lipinski definition) is 6.